The number of alkyl halides is 3. The first-order chi connectivity index (χ1) is 23.4. The maximum Gasteiger partial charge on any atom is 0.416 e. The Morgan fingerprint density at radius 1 is 0.960 bits per heavy atom. The molecule has 0 atom stereocenters. The van der Waals surface area contributed by atoms with Crippen LogP contribution in [0.3, 0.4) is 0 Å². The molecule has 13 nitrogen and oxygen atoms in total. The predicted molar refractivity (Wildman–Crippen MR) is 180 cm³/mol. The van der Waals surface area contributed by atoms with E-state index in [1.54, 1.807) is 63.9 Å². The van der Waals surface area contributed by atoms with Crippen molar-refractivity contribution in [2.24, 2.45) is 0 Å². The van der Waals surface area contributed by atoms with E-state index in [2.05, 4.69) is 15.4 Å². The van der Waals surface area contributed by atoms with Gasteiger partial charge in [0, 0.05) is 63.6 Å². The molecular weight excluding hydrogens is 657 g/mol. The van der Waals surface area contributed by atoms with Crippen LogP contribution in [0.2, 0.25) is 0 Å². The first-order valence-electron chi connectivity index (χ1n) is 15.9. The molecule has 1 aliphatic heterocycles. The molecule has 1 aliphatic rings. The molecule has 2 aromatic heterocycles. The van der Waals surface area contributed by atoms with Crippen LogP contribution in [0.1, 0.15) is 44.5 Å². The van der Waals surface area contributed by atoms with E-state index in [4.69, 9.17) is 4.74 Å². The Morgan fingerprint density at radius 2 is 1.58 bits per heavy atom. The van der Waals surface area contributed by atoms with Gasteiger partial charge in [-0.3, -0.25) is 14.4 Å². The minimum absolute atomic E-state index is 0.0717. The molecule has 0 spiro atoms. The molecule has 5 rings (SSSR count). The van der Waals surface area contributed by atoms with Gasteiger partial charge in [-0.05, 0) is 57.5 Å². The number of hydrogen-bond acceptors (Lipinski definition) is 8. The fourth-order valence-corrected chi connectivity index (χ4v) is 5.59. The number of ether oxygens (including phenoxy) is 1. The third-order valence-corrected chi connectivity index (χ3v) is 8.15. The molecule has 3 heterocycles. The highest BCUT2D eigenvalue weighted by molar-refractivity contribution is 5.91. The molecule has 3 amide bonds. The molecule has 1 saturated heterocycles. The van der Waals surface area contributed by atoms with Crippen molar-refractivity contribution in [2.45, 2.75) is 59.5 Å². The molecular formula is C34H39F3N8O5. The van der Waals surface area contributed by atoms with Crippen LogP contribution in [0, 0.1) is 6.92 Å². The summed E-state index contributed by atoms with van der Waals surface area (Å²) in [7, 11) is 1.63. The number of aromatic nitrogens is 4. The van der Waals surface area contributed by atoms with Crippen molar-refractivity contribution < 1.29 is 32.3 Å². The van der Waals surface area contributed by atoms with E-state index in [9.17, 15) is 32.3 Å². The molecule has 0 aliphatic carbocycles. The van der Waals surface area contributed by atoms with Gasteiger partial charge >= 0.3 is 12.3 Å². The maximum atomic E-state index is 14.0. The minimum atomic E-state index is -4.52. The van der Waals surface area contributed by atoms with Crippen LogP contribution >= 0.6 is 0 Å². The van der Waals surface area contributed by atoms with E-state index in [1.807, 2.05) is 4.90 Å². The molecule has 1 fully saturated rings. The van der Waals surface area contributed by atoms with Crippen molar-refractivity contribution in [3.63, 3.8) is 0 Å². The lowest BCUT2D eigenvalue weighted by Crippen LogP contribution is -2.50. The summed E-state index contributed by atoms with van der Waals surface area (Å²) >= 11 is 0. The van der Waals surface area contributed by atoms with Crippen LogP contribution in [0.5, 0.6) is 0 Å². The van der Waals surface area contributed by atoms with Crippen LogP contribution in [0.15, 0.2) is 53.3 Å². The number of rotatable bonds is 7. The van der Waals surface area contributed by atoms with Crippen LogP contribution in [0.4, 0.5) is 29.3 Å². The van der Waals surface area contributed by atoms with E-state index in [-0.39, 0.29) is 36.3 Å². The Hall–Kier alpha value is -5.41. The molecule has 1 N–H and O–H groups in total. The van der Waals surface area contributed by atoms with Gasteiger partial charge in [0.05, 0.1) is 5.56 Å². The molecule has 0 radical (unpaired) electrons. The highest BCUT2D eigenvalue weighted by Crippen LogP contribution is 2.30. The monoisotopic (exact) mass is 696 g/mol. The second-order valence-electron chi connectivity index (χ2n) is 13.1. The van der Waals surface area contributed by atoms with Gasteiger partial charge < -0.3 is 29.3 Å². The van der Waals surface area contributed by atoms with Crippen molar-refractivity contribution in [3.05, 3.63) is 75.7 Å². The zero-order chi connectivity index (χ0) is 36.5. The topological polar surface area (TPSA) is 134 Å². The highest BCUT2D eigenvalue weighted by atomic mass is 19.4. The lowest BCUT2D eigenvalue weighted by Gasteiger charge is -2.36. The smallest absolute Gasteiger partial charge is 0.416 e. The highest BCUT2D eigenvalue weighted by Gasteiger charge is 2.30. The second kappa shape index (κ2) is 13.8. The van der Waals surface area contributed by atoms with Gasteiger partial charge in [0.25, 0.3) is 5.56 Å². The number of halogens is 3. The Labute approximate surface area is 286 Å². The van der Waals surface area contributed by atoms with Gasteiger partial charge in [-0.15, -0.1) is 5.10 Å². The molecule has 16 heteroatoms. The summed E-state index contributed by atoms with van der Waals surface area (Å²) in [5.74, 6) is -0.333. The summed E-state index contributed by atoms with van der Waals surface area (Å²) in [6.45, 7) is 10.0. The zero-order valence-electron chi connectivity index (χ0n) is 28.7. The Bertz CT molecular complexity index is 1960. The van der Waals surface area contributed by atoms with Crippen molar-refractivity contribution in [1.82, 2.24) is 29.0 Å². The van der Waals surface area contributed by atoms with Crippen LogP contribution in [-0.2, 0) is 33.6 Å². The van der Waals surface area contributed by atoms with Crippen molar-refractivity contribution in [3.8, 4) is 11.4 Å². The normalized spacial score (nSPS) is 13.8. The fraction of sp³-hybridized carbons (Fsp3) is 0.412. The number of amides is 3. The number of nitrogens with zero attached hydrogens (tertiary/aromatic N) is 7. The number of piperazine rings is 1. The van der Waals surface area contributed by atoms with Gasteiger partial charge in [0.2, 0.25) is 17.6 Å². The van der Waals surface area contributed by atoms with Crippen molar-refractivity contribution in [1.29, 1.82) is 0 Å². The van der Waals surface area contributed by atoms with E-state index >= 15 is 0 Å². The number of benzene rings is 2. The lowest BCUT2D eigenvalue weighted by atomic mass is 10.1. The number of anilines is 2. The number of hydrogen-bond donors (Lipinski definition) is 1. The average Bonchev–Trinajstić information content (AvgIpc) is 3.49. The van der Waals surface area contributed by atoms with Gasteiger partial charge in [0.1, 0.15) is 17.8 Å². The number of carbonyl (C=O) groups is 3. The average molecular weight is 697 g/mol. The third kappa shape index (κ3) is 8.06. The number of fused-ring (bicyclic) bond motifs is 1. The largest absolute Gasteiger partial charge is 0.444 e. The van der Waals surface area contributed by atoms with Crippen molar-refractivity contribution >= 4 is 35.1 Å². The maximum absolute atomic E-state index is 14.0. The SMILES string of the molecule is CC(=O)N1CCN(c2c(C)n(CC(=O)Nc3ccc(C(F)(F)F)cc3)c3nc(-c4ccc(CN(C)C(=O)OC(C)(C)C)cc4)nn3c2=O)CC1. The quantitative estimate of drug-likeness (QED) is 0.298. The summed E-state index contributed by atoms with van der Waals surface area (Å²) < 4.78 is 47.2. The Kier molecular flexibility index (Phi) is 9.93. The van der Waals surface area contributed by atoms with Crippen molar-refractivity contribution in [2.75, 3.05) is 43.4 Å². The van der Waals surface area contributed by atoms with Gasteiger partial charge in [-0.2, -0.15) is 22.7 Å². The standard InChI is InChI=1S/C34H39F3N8O5/c1-21-28(43-17-15-42(16-18-43)22(2)46)30(48)45-31(44(21)20-27(47)38-26-13-11-25(12-14-26)34(35,36)37)39-29(40-45)24-9-7-23(8-10-24)19-41(6)32(49)50-33(3,4)5/h7-14H,15-20H2,1-6H3,(H,38,47). The van der Waals surface area contributed by atoms with E-state index in [0.717, 1.165) is 22.2 Å². The Balaban J connectivity index is 1.47. The molecule has 4 aromatic rings. The summed E-state index contributed by atoms with van der Waals surface area (Å²) in [5.41, 5.74) is 0.342. The summed E-state index contributed by atoms with van der Waals surface area (Å²) in [5, 5.41) is 7.14. The number of carbonyl (C=O) groups excluding carboxylic acids is 3. The zero-order valence-corrected chi connectivity index (χ0v) is 28.7. The van der Waals surface area contributed by atoms with Crippen LogP contribution in [-0.4, -0.2) is 85.7 Å². The van der Waals surface area contributed by atoms with Gasteiger partial charge in [0.15, 0.2) is 5.82 Å². The van der Waals surface area contributed by atoms with E-state index in [1.165, 1.54) is 28.5 Å². The molecule has 266 valence electrons. The molecule has 0 bridgehead atoms. The van der Waals surface area contributed by atoms with Gasteiger partial charge in [-0.1, -0.05) is 24.3 Å². The summed E-state index contributed by atoms with van der Waals surface area (Å²) in [6, 6.07) is 11.2. The molecule has 0 unspecified atom stereocenters. The predicted octanol–water partition coefficient (Wildman–Crippen LogP) is 4.56. The fourth-order valence-electron chi connectivity index (χ4n) is 5.59. The first kappa shape index (κ1) is 35.9. The first-order valence-corrected chi connectivity index (χ1v) is 15.9. The summed E-state index contributed by atoms with van der Waals surface area (Å²) in [6.07, 6.45) is -4.98. The van der Waals surface area contributed by atoms with E-state index in [0.29, 0.717) is 43.1 Å². The lowest BCUT2D eigenvalue weighted by molar-refractivity contribution is -0.137. The molecule has 0 saturated carbocycles. The van der Waals surface area contributed by atoms with E-state index < -0.39 is 34.9 Å². The van der Waals surface area contributed by atoms with Crippen LogP contribution < -0.4 is 15.8 Å². The number of nitrogens with one attached hydrogen (secondary N) is 1. The third-order valence-electron chi connectivity index (χ3n) is 8.15. The van der Waals surface area contributed by atoms with Crippen LogP contribution in [0.25, 0.3) is 17.2 Å². The second-order valence-corrected chi connectivity index (χ2v) is 13.1. The van der Waals surface area contributed by atoms with Gasteiger partial charge in [-0.25, -0.2) is 4.79 Å². The minimum Gasteiger partial charge on any atom is -0.444 e. The summed E-state index contributed by atoms with van der Waals surface area (Å²) in [4.78, 5) is 61.2. The molecule has 2 aromatic carbocycles. The molecule has 50 heavy (non-hydrogen) atoms. The Morgan fingerprint density at radius 3 is 2.14 bits per heavy atom.